The molecule has 0 radical (unpaired) electrons. The summed E-state index contributed by atoms with van der Waals surface area (Å²) in [6, 6.07) is 1.53. The summed E-state index contributed by atoms with van der Waals surface area (Å²) in [6.45, 7) is 1.22. The summed E-state index contributed by atoms with van der Waals surface area (Å²) < 4.78 is 0. The van der Waals surface area contributed by atoms with Gasteiger partial charge in [-0.25, -0.2) is 4.79 Å². The number of rotatable bonds is 15. The summed E-state index contributed by atoms with van der Waals surface area (Å²) in [7, 11) is 0. The van der Waals surface area contributed by atoms with Crippen LogP contribution in [0, 0.1) is 0 Å². The van der Waals surface area contributed by atoms with E-state index in [1.807, 2.05) is 24.3 Å². The number of hydrogen-bond acceptors (Lipinski definition) is 8. The molecule has 212 valence electrons. The van der Waals surface area contributed by atoms with Gasteiger partial charge in [-0.05, 0) is 31.4 Å². The number of aromatic amines is 1. The monoisotopic (exact) mass is 547 g/mol. The SMILES string of the molecule is CC(O)C(NC(=O)C(N)Cc1c[nH]c2ccccc12)C(=O)NC(CCC(N)=O)C(=O)NC(CC(N)=O)C(=O)O. The number of carbonyl (C=O) groups is 6. The predicted octanol–water partition coefficient (Wildman–Crippen LogP) is -2.90. The van der Waals surface area contributed by atoms with Crippen molar-refractivity contribution in [3.8, 4) is 0 Å². The first kappa shape index (κ1) is 30.7. The van der Waals surface area contributed by atoms with E-state index in [0.717, 1.165) is 16.5 Å². The number of benzene rings is 1. The van der Waals surface area contributed by atoms with Crippen LogP contribution in [-0.2, 0) is 35.2 Å². The summed E-state index contributed by atoms with van der Waals surface area (Å²) in [5, 5.41) is 27.0. The quantitative estimate of drug-likeness (QED) is 0.110. The molecule has 0 fully saturated rings. The molecule has 12 N–H and O–H groups in total. The number of aliphatic hydroxyl groups is 1. The van der Waals surface area contributed by atoms with Gasteiger partial charge < -0.3 is 48.3 Å². The van der Waals surface area contributed by atoms with Crippen molar-refractivity contribution in [3.63, 3.8) is 0 Å². The van der Waals surface area contributed by atoms with E-state index in [9.17, 15) is 39.0 Å². The van der Waals surface area contributed by atoms with Gasteiger partial charge in [-0.15, -0.1) is 0 Å². The van der Waals surface area contributed by atoms with Crippen molar-refractivity contribution in [3.05, 3.63) is 36.0 Å². The third-order valence-electron chi connectivity index (χ3n) is 5.85. The Balaban J connectivity index is 2.12. The van der Waals surface area contributed by atoms with Crippen LogP contribution in [0.15, 0.2) is 30.5 Å². The Morgan fingerprint density at radius 3 is 2.15 bits per heavy atom. The molecule has 39 heavy (non-hydrogen) atoms. The Morgan fingerprint density at radius 2 is 1.56 bits per heavy atom. The second kappa shape index (κ2) is 13.9. The van der Waals surface area contributed by atoms with Crippen LogP contribution in [0.1, 0.15) is 31.7 Å². The van der Waals surface area contributed by atoms with Crippen LogP contribution >= 0.6 is 0 Å². The molecule has 2 aromatic rings. The molecular formula is C24H33N7O8. The van der Waals surface area contributed by atoms with Gasteiger partial charge in [0, 0.05) is 23.5 Å². The zero-order chi connectivity index (χ0) is 29.3. The van der Waals surface area contributed by atoms with Gasteiger partial charge in [-0.3, -0.25) is 24.0 Å². The summed E-state index contributed by atoms with van der Waals surface area (Å²) in [5.41, 5.74) is 17.8. The van der Waals surface area contributed by atoms with Crippen molar-refractivity contribution in [2.75, 3.05) is 0 Å². The minimum Gasteiger partial charge on any atom is -0.480 e. The number of aliphatic hydroxyl groups excluding tert-OH is 1. The standard InChI is InChI=1S/C24H33N7O8/c1-11(32)20(31-21(35)14(25)8-12-10-28-15-5-3-2-4-13(12)15)23(37)29-16(6-7-18(26)33)22(36)30-17(24(38)39)9-19(27)34/h2-5,10-11,14,16-17,20,28,32H,6-9,25H2,1H3,(H2,26,33)(H2,27,34)(H,29,37)(H,30,36)(H,31,35)(H,38,39). The number of hydrogen-bond donors (Lipinski definition) is 9. The Morgan fingerprint density at radius 1 is 0.923 bits per heavy atom. The van der Waals surface area contributed by atoms with E-state index in [0.29, 0.717) is 0 Å². The smallest absolute Gasteiger partial charge is 0.326 e. The first-order chi connectivity index (χ1) is 18.3. The van der Waals surface area contributed by atoms with E-state index in [4.69, 9.17) is 17.2 Å². The maximum absolute atomic E-state index is 13.0. The molecular weight excluding hydrogens is 514 g/mol. The molecule has 15 nitrogen and oxygen atoms in total. The van der Waals surface area contributed by atoms with Gasteiger partial charge in [0.25, 0.3) is 0 Å². The number of H-pyrrole nitrogens is 1. The van der Waals surface area contributed by atoms with Gasteiger partial charge in [0.1, 0.15) is 18.1 Å². The van der Waals surface area contributed by atoms with Crippen LogP contribution in [0.2, 0.25) is 0 Å². The highest BCUT2D eigenvalue weighted by molar-refractivity contribution is 5.95. The molecule has 0 saturated carbocycles. The Hall–Kier alpha value is -4.50. The fourth-order valence-electron chi connectivity index (χ4n) is 3.79. The Kier molecular flexibility index (Phi) is 10.9. The van der Waals surface area contributed by atoms with Crippen LogP contribution in [0.5, 0.6) is 0 Å². The average Bonchev–Trinajstić information content (AvgIpc) is 3.26. The predicted molar refractivity (Wildman–Crippen MR) is 137 cm³/mol. The molecule has 2 rings (SSSR count). The summed E-state index contributed by atoms with van der Waals surface area (Å²) >= 11 is 0. The number of carboxylic acid groups (broad SMARTS) is 1. The van der Waals surface area contributed by atoms with Crippen molar-refractivity contribution in [2.45, 2.75) is 62.9 Å². The average molecular weight is 548 g/mol. The number of carboxylic acids is 1. The number of amides is 5. The topological polar surface area (TPSA) is 273 Å². The van der Waals surface area contributed by atoms with Gasteiger partial charge in [-0.1, -0.05) is 18.2 Å². The molecule has 0 aliphatic rings. The first-order valence-corrected chi connectivity index (χ1v) is 12.0. The van der Waals surface area contributed by atoms with Crippen LogP contribution in [0.25, 0.3) is 10.9 Å². The number of para-hydroxylation sites is 1. The molecule has 0 spiro atoms. The summed E-state index contributed by atoms with van der Waals surface area (Å²) in [5.74, 6) is -6.18. The molecule has 1 heterocycles. The summed E-state index contributed by atoms with van der Waals surface area (Å²) in [4.78, 5) is 75.4. The minimum atomic E-state index is -1.70. The molecule has 5 amide bonds. The first-order valence-electron chi connectivity index (χ1n) is 12.0. The number of aromatic nitrogens is 1. The van der Waals surface area contributed by atoms with E-state index < -0.39 is 72.2 Å². The van der Waals surface area contributed by atoms with Crippen molar-refractivity contribution >= 4 is 46.4 Å². The largest absolute Gasteiger partial charge is 0.480 e. The maximum Gasteiger partial charge on any atom is 0.326 e. The number of nitrogens with one attached hydrogen (secondary N) is 4. The zero-order valence-corrected chi connectivity index (χ0v) is 21.2. The number of aliphatic carboxylic acids is 1. The van der Waals surface area contributed by atoms with Gasteiger partial charge in [0.05, 0.1) is 18.6 Å². The molecule has 0 aliphatic carbocycles. The number of nitrogens with two attached hydrogens (primary N) is 3. The molecule has 1 aromatic heterocycles. The van der Waals surface area contributed by atoms with Crippen LogP contribution in [-0.4, -0.2) is 81.0 Å². The molecule has 0 saturated heterocycles. The van der Waals surface area contributed by atoms with Gasteiger partial charge in [0.15, 0.2) is 0 Å². The normalized spacial score (nSPS) is 14.8. The molecule has 5 unspecified atom stereocenters. The fourth-order valence-corrected chi connectivity index (χ4v) is 3.79. The second-order valence-electron chi connectivity index (χ2n) is 9.03. The van der Waals surface area contributed by atoms with Crippen molar-refractivity contribution < 1.29 is 39.0 Å². The zero-order valence-electron chi connectivity index (χ0n) is 21.2. The lowest BCUT2D eigenvalue weighted by Crippen LogP contribution is -2.60. The van der Waals surface area contributed by atoms with E-state index in [-0.39, 0.29) is 19.3 Å². The van der Waals surface area contributed by atoms with E-state index in [1.165, 1.54) is 6.92 Å². The highest BCUT2D eigenvalue weighted by Crippen LogP contribution is 2.18. The van der Waals surface area contributed by atoms with E-state index in [2.05, 4.69) is 20.9 Å². The molecule has 0 aliphatic heterocycles. The maximum atomic E-state index is 13.0. The van der Waals surface area contributed by atoms with Crippen LogP contribution < -0.4 is 33.2 Å². The highest BCUT2D eigenvalue weighted by Gasteiger charge is 2.33. The van der Waals surface area contributed by atoms with E-state index in [1.54, 1.807) is 6.20 Å². The summed E-state index contributed by atoms with van der Waals surface area (Å²) in [6.07, 6.45) is -1.04. The number of primary amides is 2. The van der Waals surface area contributed by atoms with Gasteiger partial charge >= 0.3 is 5.97 Å². The lowest BCUT2D eigenvalue weighted by Gasteiger charge is -2.26. The molecule has 5 atom stereocenters. The Bertz CT molecular complexity index is 1230. The van der Waals surface area contributed by atoms with Gasteiger partial charge in [0.2, 0.25) is 29.5 Å². The number of carbonyl (C=O) groups excluding carboxylic acids is 5. The van der Waals surface area contributed by atoms with Crippen molar-refractivity contribution in [1.29, 1.82) is 0 Å². The van der Waals surface area contributed by atoms with Crippen LogP contribution in [0.4, 0.5) is 0 Å². The molecule has 15 heteroatoms. The third kappa shape index (κ3) is 9.08. The highest BCUT2D eigenvalue weighted by atomic mass is 16.4. The van der Waals surface area contributed by atoms with Crippen molar-refractivity contribution in [1.82, 2.24) is 20.9 Å². The molecule has 1 aromatic carbocycles. The van der Waals surface area contributed by atoms with E-state index >= 15 is 0 Å². The lowest BCUT2D eigenvalue weighted by molar-refractivity contribution is -0.144. The fraction of sp³-hybridized carbons (Fsp3) is 0.417. The molecule has 0 bridgehead atoms. The third-order valence-corrected chi connectivity index (χ3v) is 5.85. The second-order valence-corrected chi connectivity index (χ2v) is 9.03. The van der Waals surface area contributed by atoms with Crippen LogP contribution in [0.3, 0.4) is 0 Å². The Labute approximate surface area is 222 Å². The lowest BCUT2D eigenvalue weighted by atomic mass is 10.0. The van der Waals surface area contributed by atoms with Gasteiger partial charge in [-0.2, -0.15) is 0 Å². The number of fused-ring (bicyclic) bond motifs is 1. The minimum absolute atomic E-state index is 0.115. The van der Waals surface area contributed by atoms with Crippen molar-refractivity contribution in [2.24, 2.45) is 17.2 Å².